The van der Waals surface area contributed by atoms with Crippen LogP contribution in [0.2, 0.25) is 0 Å². The molecule has 0 radical (unpaired) electrons. The van der Waals surface area contributed by atoms with Crippen LogP contribution in [0.5, 0.6) is 11.5 Å². The first-order valence-electron chi connectivity index (χ1n) is 10.1. The zero-order chi connectivity index (χ0) is 20.1. The molecular weight excluding hydrogens is 362 g/mol. The molecule has 1 aliphatic rings. The molecule has 1 N–H and O–H groups in total. The van der Waals surface area contributed by atoms with E-state index in [0.29, 0.717) is 0 Å². The zero-order valence-electron chi connectivity index (χ0n) is 17.1. The largest absolute Gasteiger partial charge is 0.497 e. The van der Waals surface area contributed by atoms with Crippen LogP contribution in [-0.2, 0) is 6.54 Å². The smallest absolute Gasteiger partial charge is 0.131 e. The summed E-state index contributed by atoms with van der Waals surface area (Å²) in [6.07, 6.45) is 1.88. The number of nitrogens with one attached hydrogen (secondary N) is 1. The lowest BCUT2D eigenvalue weighted by atomic mass is 10.0. The van der Waals surface area contributed by atoms with Gasteiger partial charge in [-0.2, -0.15) is 5.10 Å². The van der Waals surface area contributed by atoms with E-state index in [1.807, 2.05) is 24.4 Å². The Hall–Kier alpha value is -3.05. The van der Waals surface area contributed by atoms with Crippen LogP contribution in [0.4, 0.5) is 0 Å². The fraction of sp³-hybridized carbons (Fsp3) is 0.292. The SMILES string of the molecule is COc1ccc(C=NN2CC[NH+](Cc3cccc4ccccc34)CC2)c(OC)c1. The van der Waals surface area contributed by atoms with E-state index in [-0.39, 0.29) is 0 Å². The number of hydrazone groups is 1. The van der Waals surface area contributed by atoms with Gasteiger partial charge in [0, 0.05) is 17.2 Å². The molecule has 1 saturated heterocycles. The Labute approximate surface area is 172 Å². The van der Waals surface area contributed by atoms with Gasteiger partial charge in [-0.25, -0.2) is 0 Å². The Balaban J connectivity index is 1.37. The summed E-state index contributed by atoms with van der Waals surface area (Å²) >= 11 is 0. The maximum absolute atomic E-state index is 5.45. The molecule has 29 heavy (non-hydrogen) atoms. The van der Waals surface area contributed by atoms with E-state index >= 15 is 0 Å². The second kappa shape index (κ2) is 8.97. The van der Waals surface area contributed by atoms with Crippen LogP contribution in [0.15, 0.2) is 65.8 Å². The molecule has 0 aromatic heterocycles. The molecule has 3 aromatic carbocycles. The maximum Gasteiger partial charge on any atom is 0.131 e. The molecule has 150 valence electrons. The third kappa shape index (κ3) is 4.51. The predicted octanol–water partition coefficient (Wildman–Crippen LogP) is 2.59. The Kier molecular flexibility index (Phi) is 5.96. The van der Waals surface area contributed by atoms with E-state index in [2.05, 4.69) is 52.6 Å². The number of nitrogens with zero attached hydrogens (tertiary/aromatic N) is 2. The van der Waals surface area contributed by atoms with Crippen molar-refractivity contribution < 1.29 is 14.4 Å². The van der Waals surface area contributed by atoms with Gasteiger partial charge in [-0.3, -0.25) is 5.01 Å². The number of benzene rings is 3. The van der Waals surface area contributed by atoms with E-state index in [4.69, 9.17) is 9.47 Å². The summed E-state index contributed by atoms with van der Waals surface area (Å²) in [7, 11) is 3.32. The number of ether oxygens (including phenoxy) is 2. The Morgan fingerprint density at radius 1 is 0.966 bits per heavy atom. The van der Waals surface area contributed by atoms with Gasteiger partial charge in [0.2, 0.25) is 0 Å². The van der Waals surface area contributed by atoms with Crippen molar-refractivity contribution in [2.45, 2.75) is 6.54 Å². The molecule has 0 unspecified atom stereocenters. The summed E-state index contributed by atoms with van der Waals surface area (Å²) in [6.45, 7) is 5.13. The normalized spacial score (nSPS) is 15.2. The summed E-state index contributed by atoms with van der Waals surface area (Å²) in [5.41, 5.74) is 2.39. The summed E-state index contributed by atoms with van der Waals surface area (Å²) in [4.78, 5) is 1.61. The van der Waals surface area contributed by atoms with Crippen molar-refractivity contribution in [1.29, 1.82) is 0 Å². The molecule has 1 fully saturated rings. The van der Waals surface area contributed by atoms with E-state index in [0.717, 1.165) is 49.8 Å². The number of rotatable bonds is 6. The molecule has 3 aromatic rings. The van der Waals surface area contributed by atoms with Gasteiger partial charge in [-0.1, -0.05) is 42.5 Å². The molecule has 1 heterocycles. The van der Waals surface area contributed by atoms with Gasteiger partial charge in [0.1, 0.15) is 18.0 Å². The fourth-order valence-corrected chi connectivity index (χ4v) is 3.89. The first-order chi connectivity index (χ1) is 14.3. The minimum atomic E-state index is 0.772. The van der Waals surface area contributed by atoms with Crippen molar-refractivity contribution in [2.75, 3.05) is 40.4 Å². The number of methoxy groups -OCH3 is 2. The number of hydrogen-bond acceptors (Lipinski definition) is 4. The number of fused-ring (bicyclic) bond motifs is 1. The zero-order valence-corrected chi connectivity index (χ0v) is 17.1. The van der Waals surface area contributed by atoms with Gasteiger partial charge in [-0.15, -0.1) is 0 Å². The highest BCUT2D eigenvalue weighted by atomic mass is 16.5. The lowest BCUT2D eigenvalue weighted by molar-refractivity contribution is -0.918. The minimum Gasteiger partial charge on any atom is -0.497 e. The summed E-state index contributed by atoms with van der Waals surface area (Å²) in [5, 5.41) is 9.52. The van der Waals surface area contributed by atoms with Crippen LogP contribution in [0.3, 0.4) is 0 Å². The third-order valence-electron chi connectivity index (χ3n) is 5.57. The van der Waals surface area contributed by atoms with Gasteiger partial charge in [-0.05, 0) is 22.9 Å². The highest BCUT2D eigenvalue weighted by Crippen LogP contribution is 2.23. The summed E-state index contributed by atoms with van der Waals surface area (Å²) < 4.78 is 10.7. The van der Waals surface area contributed by atoms with E-state index in [1.54, 1.807) is 19.1 Å². The lowest BCUT2D eigenvalue weighted by Gasteiger charge is -2.30. The number of quaternary nitrogens is 1. The van der Waals surface area contributed by atoms with Crippen molar-refractivity contribution in [3.63, 3.8) is 0 Å². The molecule has 4 rings (SSSR count). The maximum atomic E-state index is 5.45. The van der Waals surface area contributed by atoms with Crippen molar-refractivity contribution >= 4 is 17.0 Å². The molecule has 0 bridgehead atoms. The second-order valence-corrected chi connectivity index (χ2v) is 7.37. The van der Waals surface area contributed by atoms with Gasteiger partial charge in [0.15, 0.2) is 0 Å². The van der Waals surface area contributed by atoms with E-state index in [1.165, 1.54) is 16.3 Å². The molecule has 0 amide bonds. The first-order valence-corrected chi connectivity index (χ1v) is 10.1. The molecule has 0 aliphatic carbocycles. The predicted molar refractivity (Wildman–Crippen MR) is 117 cm³/mol. The van der Waals surface area contributed by atoms with Crippen LogP contribution in [0.1, 0.15) is 11.1 Å². The Morgan fingerprint density at radius 2 is 1.76 bits per heavy atom. The topological polar surface area (TPSA) is 38.5 Å². The van der Waals surface area contributed by atoms with Crippen LogP contribution < -0.4 is 14.4 Å². The van der Waals surface area contributed by atoms with Crippen molar-refractivity contribution in [3.8, 4) is 11.5 Å². The Morgan fingerprint density at radius 3 is 2.55 bits per heavy atom. The van der Waals surface area contributed by atoms with E-state index in [9.17, 15) is 0 Å². The number of piperazine rings is 1. The molecular formula is C24H28N3O2+. The Bertz CT molecular complexity index is 989. The third-order valence-corrected chi connectivity index (χ3v) is 5.57. The molecule has 1 aliphatic heterocycles. The average Bonchev–Trinajstić information content (AvgIpc) is 2.78. The standard InChI is InChI=1S/C24H27N3O2/c1-28-22-11-10-20(24(16-22)29-2)17-25-27-14-12-26(13-15-27)18-21-8-5-7-19-6-3-4-9-23(19)21/h3-11,16-17H,12-15,18H2,1-2H3/p+1. The van der Waals surface area contributed by atoms with Gasteiger partial charge in [0.05, 0.1) is 46.6 Å². The monoisotopic (exact) mass is 390 g/mol. The van der Waals surface area contributed by atoms with Crippen LogP contribution >= 0.6 is 0 Å². The van der Waals surface area contributed by atoms with Gasteiger partial charge in [0.25, 0.3) is 0 Å². The molecule has 0 spiro atoms. The highest BCUT2D eigenvalue weighted by molar-refractivity contribution is 5.85. The summed E-state index contributed by atoms with van der Waals surface area (Å²) in [6, 6.07) is 21.0. The van der Waals surface area contributed by atoms with Gasteiger partial charge < -0.3 is 14.4 Å². The lowest BCUT2D eigenvalue weighted by Crippen LogP contribution is -3.13. The average molecular weight is 391 g/mol. The fourth-order valence-electron chi connectivity index (χ4n) is 3.89. The van der Waals surface area contributed by atoms with Gasteiger partial charge >= 0.3 is 0 Å². The number of hydrogen-bond donors (Lipinski definition) is 1. The van der Waals surface area contributed by atoms with Crippen LogP contribution in [-0.4, -0.2) is 51.6 Å². The molecule has 5 nitrogen and oxygen atoms in total. The second-order valence-electron chi connectivity index (χ2n) is 7.37. The van der Waals surface area contributed by atoms with Crippen LogP contribution in [0, 0.1) is 0 Å². The minimum absolute atomic E-state index is 0.772. The molecule has 0 saturated carbocycles. The van der Waals surface area contributed by atoms with Crippen molar-refractivity contribution in [1.82, 2.24) is 5.01 Å². The van der Waals surface area contributed by atoms with Crippen molar-refractivity contribution in [2.24, 2.45) is 5.10 Å². The van der Waals surface area contributed by atoms with Crippen molar-refractivity contribution in [3.05, 3.63) is 71.8 Å². The first kappa shape index (κ1) is 19.3. The highest BCUT2D eigenvalue weighted by Gasteiger charge is 2.19. The molecule has 0 atom stereocenters. The van der Waals surface area contributed by atoms with Crippen LogP contribution in [0.25, 0.3) is 10.8 Å². The van der Waals surface area contributed by atoms with E-state index < -0.39 is 0 Å². The quantitative estimate of drug-likeness (QED) is 0.658. The summed E-state index contributed by atoms with van der Waals surface area (Å²) in [5.74, 6) is 1.55. The molecule has 5 heteroatoms.